The summed E-state index contributed by atoms with van der Waals surface area (Å²) in [6, 6.07) is 9.59. The van der Waals surface area contributed by atoms with E-state index in [4.69, 9.17) is 4.53 Å². The van der Waals surface area contributed by atoms with Gasteiger partial charge in [-0.1, -0.05) is 38.0 Å². The highest BCUT2D eigenvalue weighted by Crippen LogP contribution is 2.17. The molecule has 0 unspecified atom stereocenters. The summed E-state index contributed by atoms with van der Waals surface area (Å²) in [7, 11) is 1.62. The Labute approximate surface area is 95.1 Å². The first-order chi connectivity index (χ1) is 7.25. The minimum absolute atomic E-state index is 0.381. The molecule has 0 radical (unpaired) electrons. The number of para-hydroxylation sites is 1. The van der Waals surface area contributed by atoms with Crippen molar-refractivity contribution in [3.8, 4) is 0 Å². The highest BCUT2D eigenvalue weighted by Gasteiger charge is 2.03. The summed E-state index contributed by atoms with van der Waals surface area (Å²) in [4.78, 5) is 0. The van der Waals surface area contributed by atoms with E-state index in [2.05, 4.69) is 38.1 Å². The van der Waals surface area contributed by atoms with E-state index in [1.54, 1.807) is 0 Å². The number of hydrogen-bond acceptors (Lipinski definition) is 2. The van der Waals surface area contributed by atoms with Crippen LogP contribution in [0.1, 0.15) is 25.3 Å². The lowest BCUT2D eigenvalue weighted by Crippen LogP contribution is -2.20. The van der Waals surface area contributed by atoms with Gasteiger partial charge in [-0.15, -0.1) is 0 Å². The molecule has 3 heteroatoms. The Morgan fingerprint density at radius 2 is 2.07 bits per heavy atom. The van der Waals surface area contributed by atoms with Crippen molar-refractivity contribution in [2.45, 2.75) is 32.7 Å². The highest BCUT2D eigenvalue weighted by molar-refractivity contribution is 6.27. The van der Waals surface area contributed by atoms with Crippen LogP contribution < -0.4 is 5.06 Å². The summed E-state index contributed by atoms with van der Waals surface area (Å²) in [5.41, 5.74) is 2.45. The molecule has 0 heterocycles. The SMILES string of the molecule is CCCC[SiH2]ON(C)c1ccccc1C. The highest BCUT2D eigenvalue weighted by atomic mass is 28.2. The number of anilines is 1. The number of hydrogen-bond donors (Lipinski definition) is 0. The van der Waals surface area contributed by atoms with Crippen LogP contribution in [0, 0.1) is 6.92 Å². The van der Waals surface area contributed by atoms with E-state index >= 15 is 0 Å². The maximum Gasteiger partial charge on any atom is 0.199 e. The van der Waals surface area contributed by atoms with Crippen molar-refractivity contribution in [1.29, 1.82) is 0 Å². The Morgan fingerprint density at radius 3 is 2.73 bits per heavy atom. The molecule has 0 aliphatic carbocycles. The lowest BCUT2D eigenvalue weighted by molar-refractivity contribution is 0.319. The van der Waals surface area contributed by atoms with Gasteiger partial charge in [0.2, 0.25) is 0 Å². The Hall–Kier alpha value is -0.803. The smallest absolute Gasteiger partial charge is 0.199 e. The third-order valence-corrected chi connectivity index (χ3v) is 3.85. The fraction of sp³-hybridized carbons (Fsp3) is 0.500. The minimum atomic E-state index is -0.381. The molecular weight excluding hydrogens is 202 g/mol. The number of nitrogens with zero attached hydrogens (tertiary/aromatic N) is 1. The topological polar surface area (TPSA) is 12.5 Å². The van der Waals surface area contributed by atoms with E-state index in [1.807, 2.05) is 12.1 Å². The quantitative estimate of drug-likeness (QED) is 0.418. The van der Waals surface area contributed by atoms with Gasteiger partial charge in [-0.05, 0) is 24.6 Å². The number of aryl methyl sites for hydroxylation is 1. The van der Waals surface area contributed by atoms with E-state index in [9.17, 15) is 0 Å². The van der Waals surface area contributed by atoms with Gasteiger partial charge in [-0.3, -0.25) is 5.06 Å². The van der Waals surface area contributed by atoms with Gasteiger partial charge in [-0.25, -0.2) is 0 Å². The van der Waals surface area contributed by atoms with Gasteiger partial charge in [-0.2, -0.15) is 0 Å². The van der Waals surface area contributed by atoms with Crippen molar-refractivity contribution in [3.05, 3.63) is 29.8 Å². The minimum Gasteiger partial charge on any atom is -0.328 e. The van der Waals surface area contributed by atoms with Crippen LogP contribution in [0.2, 0.25) is 6.04 Å². The molecule has 0 saturated heterocycles. The predicted molar refractivity (Wildman–Crippen MR) is 68.9 cm³/mol. The van der Waals surface area contributed by atoms with E-state index in [0.717, 1.165) is 0 Å². The summed E-state index contributed by atoms with van der Waals surface area (Å²) < 4.78 is 5.78. The van der Waals surface area contributed by atoms with Gasteiger partial charge < -0.3 is 4.53 Å². The number of rotatable bonds is 6. The van der Waals surface area contributed by atoms with Crippen LogP contribution in [0.4, 0.5) is 5.69 Å². The van der Waals surface area contributed by atoms with Crippen molar-refractivity contribution >= 4 is 15.5 Å². The summed E-state index contributed by atoms with van der Waals surface area (Å²) in [6.45, 7) is 4.34. The first-order valence-corrected chi connectivity index (χ1v) is 7.25. The normalized spacial score (nSPS) is 11.1. The fourth-order valence-corrected chi connectivity index (χ4v) is 2.79. The zero-order valence-electron chi connectivity index (χ0n) is 9.99. The van der Waals surface area contributed by atoms with E-state index < -0.39 is 0 Å². The molecule has 0 aliphatic rings. The van der Waals surface area contributed by atoms with Gasteiger partial charge in [0, 0.05) is 7.05 Å². The molecule has 0 amide bonds. The third-order valence-electron chi connectivity index (χ3n) is 2.49. The molecule has 0 atom stereocenters. The molecule has 2 nitrogen and oxygen atoms in total. The standard InChI is InChI=1S/C12H21NOSi/c1-4-5-10-15-14-13(3)12-9-7-6-8-11(12)2/h6-9H,4-5,10,15H2,1-3H3. The second-order valence-electron chi connectivity index (χ2n) is 3.82. The summed E-state index contributed by atoms with van der Waals surface area (Å²) >= 11 is 0. The molecule has 0 aromatic heterocycles. The molecule has 0 N–H and O–H groups in total. The lowest BCUT2D eigenvalue weighted by Gasteiger charge is -2.21. The van der Waals surface area contributed by atoms with E-state index in [1.165, 1.54) is 30.1 Å². The lowest BCUT2D eigenvalue weighted by atomic mass is 10.2. The van der Waals surface area contributed by atoms with Crippen molar-refractivity contribution < 1.29 is 4.53 Å². The summed E-state index contributed by atoms with van der Waals surface area (Å²) in [5, 5.41) is 1.93. The maximum absolute atomic E-state index is 5.78. The first-order valence-electron chi connectivity index (χ1n) is 5.68. The van der Waals surface area contributed by atoms with Gasteiger partial charge in [0.15, 0.2) is 9.76 Å². The Kier molecular flexibility index (Phi) is 5.43. The Balaban J connectivity index is 2.40. The molecule has 1 aromatic carbocycles. The largest absolute Gasteiger partial charge is 0.328 e. The van der Waals surface area contributed by atoms with Crippen LogP contribution in [0.3, 0.4) is 0 Å². The zero-order valence-corrected chi connectivity index (χ0v) is 11.4. The number of benzene rings is 1. The van der Waals surface area contributed by atoms with E-state index in [-0.39, 0.29) is 9.76 Å². The van der Waals surface area contributed by atoms with Crippen molar-refractivity contribution in [1.82, 2.24) is 0 Å². The predicted octanol–water partition coefficient (Wildman–Crippen LogP) is 2.67. The van der Waals surface area contributed by atoms with Crippen molar-refractivity contribution in [2.75, 3.05) is 12.1 Å². The van der Waals surface area contributed by atoms with E-state index in [0.29, 0.717) is 0 Å². The zero-order chi connectivity index (χ0) is 11.1. The summed E-state index contributed by atoms with van der Waals surface area (Å²) in [5.74, 6) is 0. The van der Waals surface area contributed by atoms with Crippen molar-refractivity contribution in [3.63, 3.8) is 0 Å². The molecule has 1 aromatic rings. The van der Waals surface area contributed by atoms with Crippen LogP contribution >= 0.6 is 0 Å². The van der Waals surface area contributed by atoms with Crippen LogP contribution in [0.15, 0.2) is 24.3 Å². The molecular formula is C12H21NOSi. The van der Waals surface area contributed by atoms with Crippen molar-refractivity contribution in [2.24, 2.45) is 0 Å². The van der Waals surface area contributed by atoms with Gasteiger partial charge in [0.1, 0.15) is 0 Å². The molecule has 15 heavy (non-hydrogen) atoms. The van der Waals surface area contributed by atoms with Crippen LogP contribution in [-0.4, -0.2) is 16.8 Å². The first kappa shape index (κ1) is 12.3. The molecule has 1 rings (SSSR count). The molecule has 0 saturated carbocycles. The second kappa shape index (κ2) is 6.64. The monoisotopic (exact) mass is 223 g/mol. The summed E-state index contributed by atoms with van der Waals surface area (Å²) in [6.07, 6.45) is 2.57. The van der Waals surface area contributed by atoms with Gasteiger partial charge in [0.25, 0.3) is 0 Å². The fourth-order valence-electron chi connectivity index (χ4n) is 1.54. The molecule has 0 fully saturated rings. The molecule has 0 spiro atoms. The second-order valence-corrected chi connectivity index (χ2v) is 5.20. The maximum atomic E-state index is 5.78. The van der Waals surface area contributed by atoms with Crippen LogP contribution in [0.5, 0.6) is 0 Å². The molecule has 0 bridgehead atoms. The molecule has 84 valence electrons. The van der Waals surface area contributed by atoms with Gasteiger partial charge in [0.05, 0.1) is 5.69 Å². The molecule has 0 aliphatic heterocycles. The average Bonchev–Trinajstić information content (AvgIpc) is 2.25. The Bertz CT molecular complexity index is 291. The van der Waals surface area contributed by atoms with Gasteiger partial charge >= 0.3 is 0 Å². The Morgan fingerprint density at radius 1 is 1.33 bits per heavy atom. The number of unbranched alkanes of at least 4 members (excludes halogenated alkanes) is 1. The third kappa shape index (κ3) is 4.06. The number of hydroxylamine groups is 1. The average molecular weight is 223 g/mol. The van der Waals surface area contributed by atoms with Crippen LogP contribution in [0.25, 0.3) is 0 Å². The van der Waals surface area contributed by atoms with Crippen LogP contribution in [-0.2, 0) is 4.53 Å².